The summed E-state index contributed by atoms with van der Waals surface area (Å²) in [4.78, 5) is 16.7. The third-order valence-corrected chi connectivity index (χ3v) is 8.35. The average molecular weight is 609 g/mol. The molecule has 9 nitrogen and oxygen atoms in total. The molecular weight excluding hydrogens is 577 g/mol. The van der Waals surface area contributed by atoms with Crippen LogP contribution in [0.3, 0.4) is 0 Å². The Morgan fingerprint density at radius 2 is 1.93 bits per heavy atom. The number of halogens is 4. The molecule has 1 aliphatic heterocycles. The van der Waals surface area contributed by atoms with Crippen LogP contribution in [-0.2, 0) is 22.1 Å². The second-order valence-corrected chi connectivity index (χ2v) is 12.8. The molecule has 0 spiro atoms. The largest absolute Gasteiger partial charge is 0.493 e. The van der Waals surface area contributed by atoms with Crippen LogP contribution < -0.4 is 18.9 Å². The Balaban J connectivity index is 1.94. The van der Waals surface area contributed by atoms with Crippen LogP contribution in [0, 0.1) is 0 Å². The SMILES string of the molecule is COc1cc(C(=O)CCC(O)(c2cc3c(c(Cl)n2)OCC3(C)NS(=O)C(C)(C)C)C(F)(F)F)ccc1OCCO. The van der Waals surface area contributed by atoms with Gasteiger partial charge in [0.05, 0.1) is 40.7 Å². The molecule has 0 bridgehead atoms. The second kappa shape index (κ2) is 11.8. The van der Waals surface area contributed by atoms with Crippen LogP contribution in [0.4, 0.5) is 13.2 Å². The molecule has 14 heteroatoms. The highest BCUT2D eigenvalue weighted by Crippen LogP contribution is 2.47. The first-order valence-corrected chi connectivity index (χ1v) is 13.8. The van der Waals surface area contributed by atoms with Crippen molar-refractivity contribution in [2.75, 3.05) is 26.9 Å². The number of Topliss-reactive ketones (excluding diaryl/α,β-unsaturated/α-hetero) is 1. The van der Waals surface area contributed by atoms with E-state index in [1.54, 1.807) is 27.7 Å². The summed E-state index contributed by atoms with van der Waals surface area (Å²) in [5, 5.41) is 19.5. The smallest absolute Gasteiger partial charge is 0.422 e. The summed E-state index contributed by atoms with van der Waals surface area (Å²) in [5.41, 5.74) is -5.37. The van der Waals surface area contributed by atoms with E-state index in [9.17, 15) is 27.3 Å². The molecule has 0 saturated carbocycles. The van der Waals surface area contributed by atoms with Crippen LogP contribution in [-0.4, -0.2) is 63.0 Å². The van der Waals surface area contributed by atoms with Crippen molar-refractivity contribution in [3.63, 3.8) is 0 Å². The van der Waals surface area contributed by atoms with Gasteiger partial charge < -0.3 is 24.4 Å². The van der Waals surface area contributed by atoms with Gasteiger partial charge in [-0.05, 0) is 58.4 Å². The summed E-state index contributed by atoms with van der Waals surface area (Å²) in [5.74, 6) is -0.292. The van der Waals surface area contributed by atoms with Crippen molar-refractivity contribution in [3.05, 3.63) is 46.2 Å². The van der Waals surface area contributed by atoms with Crippen LogP contribution in [0.1, 0.15) is 62.2 Å². The highest BCUT2D eigenvalue weighted by molar-refractivity contribution is 7.84. The lowest BCUT2D eigenvalue weighted by Gasteiger charge is -2.32. The Labute approximate surface area is 237 Å². The van der Waals surface area contributed by atoms with E-state index < -0.39 is 62.5 Å². The predicted octanol–water partition coefficient (Wildman–Crippen LogP) is 4.19. The molecule has 1 aromatic carbocycles. The molecule has 0 fully saturated rings. The molecule has 40 heavy (non-hydrogen) atoms. The summed E-state index contributed by atoms with van der Waals surface area (Å²) >= 11 is 6.20. The maximum absolute atomic E-state index is 14.4. The maximum Gasteiger partial charge on any atom is 0.422 e. The lowest BCUT2D eigenvalue weighted by molar-refractivity contribution is -0.270. The number of pyridine rings is 1. The fraction of sp³-hybridized carbons (Fsp3) is 0.538. The summed E-state index contributed by atoms with van der Waals surface area (Å²) in [6.45, 7) is 6.42. The molecule has 222 valence electrons. The Morgan fingerprint density at radius 3 is 2.50 bits per heavy atom. The van der Waals surface area contributed by atoms with Crippen molar-refractivity contribution in [2.45, 2.75) is 62.6 Å². The summed E-state index contributed by atoms with van der Waals surface area (Å²) in [6.07, 6.45) is -6.98. The van der Waals surface area contributed by atoms with Gasteiger partial charge in [-0.25, -0.2) is 13.9 Å². The second-order valence-electron chi connectivity index (χ2n) is 10.5. The van der Waals surface area contributed by atoms with Crippen molar-refractivity contribution >= 4 is 28.4 Å². The van der Waals surface area contributed by atoms with E-state index in [0.29, 0.717) is 0 Å². The van der Waals surface area contributed by atoms with Gasteiger partial charge in [0.25, 0.3) is 0 Å². The van der Waals surface area contributed by atoms with E-state index in [4.69, 9.17) is 30.9 Å². The molecule has 3 N–H and O–H groups in total. The summed E-state index contributed by atoms with van der Waals surface area (Å²) in [7, 11) is -0.293. The van der Waals surface area contributed by atoms with Gasteiger partial charge in [0.2, 0.25) is 5.60 Å². The first kappa shape index (κ1) is 32.1. The Morgan fingerprint density at radius 1 is 1.25 bits per heavy atom. The van der Waals surface area contributed by atoms with Gasteiger partial charge in [0.1, 0.15) is 13.2 Å². The Kier molecular flexibility index (Phi) is 9.47. The number of carbonyl (C=O) groups is 1. The molecule has 1 aliphatic rings. The van der Waals surface area contributed by atoms with Crippen LogP contribution >= 0.6 is 11.6 Å². The molecule has 2 aromatic rings. The number of aromatic nitrogens is 1. The average Bonchev–Trinajstić information content (AvgIpc) is 3.20. The zero-order valence-corrected chi connectivity index (χ0v) is 24.2. The molecular formula is C26H32ClF3N2O7S. The van der Waals surface area contributed by atoms with Crippen molar-refractivity contribution in [1.29, 1.82) is 0 Å². The van der Waals surface area contributed by atoms with Crippen LogP contribution in [0.2, 0.25) is 5.15 Å². The number of benzene rings is 1. The molecule has 3 rings (SSSR count). The van der Waals surface area contributed by atoms with E-state index >= 15 is 0 Å². The monoisotopic (exact) mass is 608 g/mol. The predicted molar refractivity (Wildman–Crippen MR) is 142 cm³/mol. The van der Waals surface area contributed by atoms with Gasteiger partial charge in [0.15, 0.2) is 28.2 Å². The normalized spacial score (nSPS) is 19.4. The van der Waals surface area contributed by atoms with E-state index in [-0.39, 0.29) is 48.2 Å². The summed E-state index contributed by atoms with van der Waals surface area (Å²) in [6, 6.07) is 5.07. The van der Waals surface area contributed by atoms with Gasteiger partial charge in [0, 0.05) is 17.5 Å². The van der Waals surface area contributed by atoms with Crippen LogP contribution in [0.25, 0.3) is 0 Å². The van der Waals surface area contributed by atoms with Gasteiger partial charge in [-0.15, -0.1) is 0 Å². The number of nitrogens with zero attached hydrogens (tertiary/aromatic N) is 1. The molecule has 2 heterocycles. The van der Waals surface area contributed by atoms with Gasteiger partial charge >= 0.3 is 6.18 Å². The maximum atomic E-state index is 14.4. The number of nitrogens with one attached hydrogen (secondary N) is 1. The number of hydrogen-bond donors (Lipinski definition) is 3. The van der Waals surface area contributed by atoms with Gasteiger partial charge in [-0.2, -0.15) is 13.2 Å². The fourth-order valence-electron chi connectivity index (χ4n) is 3.97. The lowest BCUT2D eigenvalue weighted by atomic mass is 9.87. The highest BCUT2D eigenvalue weighted by Gasteiger charge is 2.57. The minimum atomic E-state index is -5.23. The first-order valence-electron chi connectivity index (χ1n) is 12.2. The van der Waals surface area contributed by atoms with Crippen molar-refractivity contribution in [2.24, 2.45) is 0 Å². The van der Waals surface area contributed by atoms with E-state index in [2.05, 4.69) is 9.71 Å². The van der Waals surface area contributed by atoms with Crippen molar-refractivity contribution < 1.29 is 46.6 Å². The number of aliphatic hydroxyl groups is 2. The highest BCUT2D eigenvalue weighted by atomic mass is 35.5. The van der Waals surface area contributed by atoms with E-state index in [0.717, 1.165) is 6.07 Å². The molecule has 1 aromatic heterocycles. The molecule has 3 atom stereocenters. The number of hydrogen-bond acceptors (Lipinski definition) is 8. The number of alkyl halides is 3. The number of ketones is 1. The Bertz CT molecular complexity index is 1290. The topological polar surface area (TPSA) is 127 Å². The number of carbonyl (C=O) groups excluding carboxylic acids is 1. The van der Waals surface area contributed by atoms with Crippen LogP contribution in [0.15, 0.2) is 24.3 Å². The minimum Gasteiger partial charge on any atom is -0.493 e. The fourth-order valence-corrected chi connectivity index (χ4v) is 5.10. The van der Waals surface area contributed by atoms with Crippen molar-refractivity contribution in [1.82, 2.24) is 9.71 Å². The quantitative estimate of drug-likeness (QED) is 0.256. The molecule has 0 aliphatic carbocycles. The zero-order chi connectivity index (χ0) is 30.1. The molecule has 0 saturated heterocycles. The minimum absolute atomic E-state index is 0.0162. The number of aliphatic hydroxyl groups excluding tert-OH is 1. The number of rotatable bonds is 11. The lowest BCUT2D eigenvalue weighted by Crippen LogP contribution is -2.47. The molecule has 3 unspecified atom stereocenters. The van der Waals surface area contributed by atoms with Gasteiger partial charge in [-0.3, -0.25) is 4.79 Å². The van der Waals surface area contributed by atoms with E-state index in [1.165, 1.54) is 25.3 Å². The number of ether oxygens (including phenoxy) is 3. The van der Waals surface area contributed by atoms with E-state index in [1.807, 2.05) is 0 Å². The van der Waals surface area contributed by atoms with Crippen molar-refractivity contribution in [3.8, 4) is 17.2 Å². The zero-order valence-electron chi connectivity index (χ0n) is 22.6. The third kappa shape index (κ3) is 6.54. The van der Waals surface area contributed by atoms with Gasteiger partial charge in [-0.1, -0.05) is 11.6 Å². The summed E-state index contributed by atoms with van der Waals surface area (Å²) < 4.78 is 74.2. The molecule has 0 amide bonds. The first-order chi connectivity index (χ1) is 18.5. The van der Waals surface area contributed by atoms with Crippen LogP contribution in [0.5, 0.6) is 17.2 Å². The number of fused-ring (bicyclic) bond motifs is 1. The third-order valence-electron chi connectivity index (χ3n) is 6.35. The number of methoxy groups -OCH3 is 1. The molecule has 0 radical (unpaired) electrons. The Hall–Kier alpha value is -2.45. The standard InChI is InChI=1S/C26H32ClF3N2O7S/c1-23(2,3)40(36)32-24(4)14-39-21-16(24)13-20(31-22(21)27)25(35,26(28,29)30)9-8-17(34)15-6-7-18(38-11-10-33)19(12-15)37-5/h6-7,12-13,32-33,35H,8-11,14H2,1-5H3.